The van der Waals surface area contributed by atoms with Gasteiger partial charge in [-0.25, -0.2) is 18.7 Å². The van der Waals surface area contributed by atoms with Crippen molar-refractivity contribution in [2.45, 2.75) is 39.2 Å². The van der Waals surface area contributed by atoms with E-state index in [4.69, 9.17) is 4.74 Å². The Kier molecular flexibility index (Phi) is 7.74. The van der Waals surface area contributed by atoms with Crippen molar-refractivity contribution in [2.24, 2.45) is 5.92 Å². The monoisotopic (exact) mass is 522 g/mol. The van der Waals surface area contributed by atoms with Gasteiger partial charge in [-0.3, -0.25) is 4.98 Å². The molecule has 1 aromatic carbocycles. The smallest absolute Gasteiger partial charge is 0.178 e. The van der Waals surface area contributed by atoms with Crippen LogP contribution < -0.4 is 14.5 Å². The minimum absolute atomic E-state index is 0.0724. The third-order valence-electron chi connectivity index (χ3n) is 7.35. The molecule has 2 aromatic heterocycles. The number of rotatable bonds is 7. The zero-order chi connectivity index (χ0) is 26.8. The first kappa shape index (κ1) is 26.3. The fraction of sp³-hybridized carbons (Fsp3) is 0.483. The first-order valence-electron chi connectivity index (χ1n) is 13.4. The molecule has 9 heteroatoms. The molecule has 2 aliphatic heterocycles. The zero-order valence-electron chi connectivity index (χ0n) is 22.6. The van der Waals surface area contributed by atoms with E-state index in [0.717, 1.165) is 43.1 Å². The lowest BCUT2D eigenvalue weighted by Crippen LogP contribution is -2.38. The summed E-state index contributed by atoms with van der Waals surface area (Å²) in [6.45, 7) is 8.31. The number of anilines is 2. The fourth-order valence-corrected chi connectivity index (χ4v) is 5.43. The van der Waals surface area contributed by atoms with Crippen LogP contribution >= 0.6 is 0 Å². The van der Waals surface area contributed by atoms with Gasteiger partial charge < -0.3 is 19.4 Å². The largest absolute Gasteiger partial charge is 0.486 e. The molecule has 1 saturated heterocycles. The number of piperidine rings is 1. The van der Waals surface area contributed by atoms with Crippen LogP contribution in [0.1, 0.15) is 38.2 Å². The Morgan fingerprint density at radius 2 is 1.82 bits per heavy atom. The third kappa shape index (κ3) is 5.72. The highest BCUT2D eigenvalue weighted by Crippen LogP contribution is 2.39. The van der Waals surface area contributed by atoms with Gasteiger partial charge in [0.15, 0.2) is 17.4 Å². The SMILES string of the molecule is CC(C)N1CCOc2c(F)cc(-c3nc(Cc4ccc(N5CCC(CN(C)C)CC5)cn4)ncc3F)cc21. The van der Waals surface area contributed by atoms with Crippen LogP contribution in [-0.4, -0.2) is 72.8 Å². The lowest BCUT2D eigenvalue weighted by atomic mass is 9.96. The molecule has 4 heterocycles. The van der Waals surface area contributed by atoms with Gasteiger partial charge in [-0.1, -0.05) is 0 Å². The van der Waals surface area contributed by atoms with Gasteiger partial charge in [0.2, 0.25) is 0 Å². The van der Waals surface area contributed by atoms with Crippen molar-refractivity contribution in [2.75, 3.05) is 56.7 Å². The molecular formula is C29H36F2N6O. The van der Waals surface area contributed by atoms with Gasteiger partial charge in [-0.15, -0.1) is 0 Å². The van der Waals surface area contributed by atoms with Crippen molar-refractivity contribution in [3.05, 3.63) is 59.8 Å². The number of halogens is 2. The van der Waals surface area contributed by atoms with Crippen LogP contribution in [0.2, 0.25) is 0 Å². The summed E-state index contributed by atoms with van der Waals surface area (Å²) in [5.74, 6) is 0.256. The second-order valence-corrected chi connectivity index (χ2v) is 10.8. The van der Waals surface area contributed by atoms with E-state index in [1.165, 1.54) is 18.9 Å². The van der Waals surface area contributed by atoms with Crippen LogP contribution in [0.25, 0.3) is 11.3 Å². The Balaban J connectivity index is 1.32. The van der Waals surface area contributed by atoms with E-state index in [-0.39, 0.29) is 17.5 Å². The average molecular weight is 523 g/mol. The van der Waals surface area contributed by atoms with Crippen molar-refractivity contribution in [3.8, 4) is 17.0 Å². The third-order valence-corrected chi connectivity index (χ3v) is 7.35. The summed E-state index contributed by atoms with van der Waals surface area (Å²) in [4.78, 5) is 20.0. The Morgan fingerprint density at radius 3 is 2.50 bits per heavy atom. The van der Waals surface area contributed by atoms with Crippen LogP contribution in [0.4, 0.5) is 20.2 Å². The predicted octanol–water partition coefficient (Wildman–Crippen LogP) is 4.79. The highest BCUT2D eigenvalue weighted by molar-refractivity contribution is 5.72. The molecule has 202 valence electrons. The number of hydrogen-bond acceptors (Lipinski definition) is 7. The maximum absolute atomic E-state index is 15.0. The number of ether oxygens (including phenoxy) is 1. The number of fused-ring (bicyclic) bond motifs is 1. The maximum Gasteiger partial charge on any atom is 0.178 e. The minimum atomic E-state index is -0.595. The second-order valence-electron chi connectivity index (χ2n) is 10.8. The molecule has 0 amide bonds. The molecule has 0 bridgehead atoms. The zero-order valence-corrected chi connectivity index (χ0v) is 22.6. The van der Waals surface area contributed by atoms with Crippen LogP contribution in [0.3, 0.4) is 0 Å². The van der Waals surface area contributed by atoms with Gasteiger partial charge in [-0.2, -0.15) is 0 Å². The molecule has 3 aromatic rings. The molecule has 7 nitrogen and oxygen atoms in total. The van der Waals surface area contributed by atoms with E-state index in [0.29, 0.717) is 36.6 Å². The molecule has 2 aliphatic rings. The topological polar surface area (TPSA) is 57.6 Å². The molecule has 1 fully saturated rings. The van der Waals surface area contributed by atoms with Gasteiger partial charge in [0.05, 0.1) is 36.7 Å². The van der Waals surface area contributed by atoms with E-state index in [2.05, 4.69) is 49.8 Å². The van der Waals surface area contributed by atoms with Crippen LogP contribution in [-0.2, 0) is 6.42 Å². The van der Waals surface area contributed by atoms with E-state index in [1.807, 2.05) is 26.1 Å². The second kappa shape index (κ2) is 11.2. The van der Waals surface area contributed by atoms with Crippen molar-refractivity contribution in [1.82, 2.24) is 19.9 Å². The van der Waals surface area contributed by atoms with Gasteiger partial charge >= 0.3 is 0 Å². The fourth-order valence-electron chi connectivity index (χ4n) is 5.43. The maximum atomic E-state index is 15.0. The molecule has 5 rings (SSSR count). The highest BCUT2D eigenvalue weighted by Gasteiger charge is 2.26. The lowest BCUT2D eigenvalue weighted by Gasteiger charge is -2.34. The number of benzene rings is 1. The van der Waals surface area contributed by atoms with Crippen molar-refractivity contribution in [3.63, 3.8) is 0 Å². The number of hydrogen-bond donors (Lipinski definition) is 0. The molecule has 0 spiro atoms. The van der Waals surface area contributed by atoms with Crippen molar-refractivity contribution in [1.29, 1.82) is 0 Å². The summed E-state index contributed by atoms with van der Waals surface area (Å²) in [5, 5.41) is 0. The summed E-state index contributed by atoms with van der Waals surface area (Å²) >= 11 is 0. The standard InChI is InChI=1S/C29H36F2N6O/c1-19(2)37-11-12-38-29-24(30)13-21(14-26(29)37)28-25(31)17-33-27(34-28)15-22-5-6-23(16-32-22)36-9-7-20(8-10-36)18-35(3)4/h5-6,13-14,16-17,19-20H,7-12,15,18H2,1-4H3. The summed E-state index contributed by atoms with van der Waals surface area (Å²) in [6.07, 6.45) is 5.75. The van der Waals surface area contributed by atoms with Crippen LogP contribution in [0.15, 0.2) is 36.7 Å². The first-order valence-corrected chi connectivity index (χ1v) is 13.4. The molecular weight excluding hydrogens is 486 g/mol. The normalized spacial score (nSPS) is 16.2. The molecule has 0 saturated carbocycles. The van der Waals surface area contributed by atoms with Crippen molar-refractivity contribution >= 4 is 11.4 Å². The molecule has 0 aliphatic carbocycles. The summed E-state index contributed by atoms with van der Waals surface area (Å²) in [7, 11) is 4.26. The molecule has 0 radical (unpaired) electrons. The number of aromatic nitrogens is 3. The Hall–Kier alpha value is -3.33. The van der Waals surface area contributed by atoms with Gasteiger partial charge in [0.25, 0.3) is 0 Å². The van der Waals surface area contributed by atoms with Gasteiger partial charge in [0.1, 0.15) is 18.1 Å². The van der Waals surface area contributed by atoms with Crippen molar-refractivity contribution < 1.29 is 13.5 Å². The molecule has 0 N–H and O–H groups in total. The number of pyridine rings is 1. The van der Waals surface area contributed by atoms with Crippen LogP contribution in [0.5, 0.6) is 5.75 Å². The summed E-state index contributed by atoms with van der Waals surface area (Å²) in [5.41, 5.74) is 2.95. The number of nitrogens with zero attached hydrogens (tertiary/aromatic N) is 6. The highest BCUT2D eigenvalue weighted by atomic mass is 19.1. The molecule has 0 unspecified atom stereocenters. The van der Waals surface area contributed by atoms with E-state index >= 15 is 0 Å². The minimum Gasteiger partial charge on any atom is -0.486 e. The van der Waals surface area contributed by atoms with Gasteiger partial charge in [0, 0.05) is 36.9 Å². The van der Waals surface area contributed by atoms with E-state index in [1.54, 1.807) is 6.07 Å². The Morgan fingerprint density at radius 1 is 1.03 bits per heavy atom. The summed E-state index contributed by atoms with van der Waals surface area (Å²) < 4.78 is 35.4. The van der Waals surface area contributed by atoms with E-state index < -0.39 is 11.6 Å². The van der Waals surface area contributed by atoms with E-state index in [9.17, 15) is 8.78 Å². The molecule has 38 heavy (non-hydrogen) atoms. The summed E-state index contributed by atoms with van der Waals surface area (Å²) in [6, 6.07) is 7.24. The quantitative estimate of drug-likeness (QED) is 0.442. The van der Waals surface area contributed by atoms with Gasteiger partial charge in [-0.05, 0) is 71.0 Å². The Labute approximate surface area is 223 Å². The van der Waals surface area contributed by atoms with Crippen LogP contribution in [0, 0.1) is 17.6 Å². The average Bonchev–Trinajstić information content (AvgIpc) is 2.90. The Bertz CT molecular complexity index is 1260. The molecule has 0 atom stereocenters. The lowest BCUT2D eigenvalue weighted by molar-refractivity contribution is 0.285. The predicted molar refractivity (Wildman–Crippen MR) is 146 cm³/mol. The first-order chi connectivity index (χ1) is 18.3.